The number of carbonyl (C=O) groups is 1. The van der Waals surface area contributed by atoms with E-state index in [0.29, 0.717) is 6.54 Å². The zero-order chi connectivity index (χ0) is 15.7. The third kappa shape index (κ3) is 3.51. The van der Waals surface area contributed by atoms with Gasteiger partial charge in [0.2, 0.25) is 15.0 Å². The van der Waals surface area contributed by atoms with Crippen molar-refractivity contribution in [2.45, 2.75) is 6.42 Å². The van der Waals surface area contributed by atoms with Crippen LogP contribution in [-0.2, 0) is 13.8 Å². The van der Waals surface area contributed by atoms with E-state index < -0.39 is 9.05 Å². The van der Waals surface area contributed by atoms with E-state index in [9.17, 15) is 13.2 Å². The Balaban J connectivity index is 1.83. The Kier molecular flexibility index (Phi) is 4.25. The molecule has 7 heteroatoms. The lowest BCUT2D eigenvalue weighted by molar-refractivity contribution is -0.117. The minimum absolute atomic E-state index is 0.0622. The van der Waals surface area contributed by atoms with Gasteiger partial charge < -0.3 is 4.90 Å². The highest BCUT2D eigenvalue weighted by Gasteiger charge is 2.33. The summed E-state index contributed by atoms with van der Waals surface area (Å²) in [6.45, 7) is 0.387. The van der Waals surface area contributed by atoms with E-state index in [1.54, 1.807) is 16.2 Å². The van der Waals surface area contributed by atoms with Gasteiger partial charge in [-0.3, -0.25) is 4.79 Å². The SMILES string of the molecule is O=C1CC(CS(=O)(=O)Cl)CN1c1cccc(-c2ccsc2)c1. The van der Waals surface area contributed by atoms with Crippen molar-refractivity contribution in [3.05, 3.63) is 41.1 Å². The highest BCUT2D eigenvalue weighted by atomic mass is 35.7. The first kappa shape index (κ1) is 15.5. The largest absolute Gasteiger partial charge is 0.312 e. The maximum absolute atomic E-state index is 12.2. The van der Waals surface area contributed by atoms with Gasteiger partial charge >= 0.3 is 0 Å². The third-order valence-corrected chi connectivity index (χ3v) is 5.58. The van der Waals surface area contributed by atoms with E-state index in [0.717, 1.165) is 16.8 Å². The molecule has 4 nitrogen and oxygen atoms in total. The van der Waals surface area contributed by atoms with Crippen molar-refractivity contribution in [2.75, 3.05) is 17.2 Å². The Labute approximate surface area is 137 Å². The molecular weight excluding hydrogens is 342 g/mol. The van der Waals surface area contributed by atoms with E-state index in [2.05, 4.69) is 0 Å². The van der Waals surface area contributed by atoms with Crippen molar-refractivity contribution in [3.63, 3.8) is 0 Å². The number of benzene rings is 1. The van der Waals surface area contributed by atoms with Crippen molar-refractivity contribution >= 4 is 42.7 Å². The molecule has 0 aliphatic carbocycles. The number of hydrogen-bond acceptors (Lipinski definition) is 4. The molecular formula is C15H14ClNO3S2. The molecule has 1 amide bonds. The Morgan fingerprint density at radius 1 is 1.27 bits per heavy atom. The fourth-order valence-corrected chi connectivity index (χ4v) is 4.69. The van der Waals surface area contributed by atoms with Gasteiger partial charge in [-0.25, -0.2) is 8.42 Å². The van der Waals surface area contributed by atoms with Gasteiger partial charge in [-0.15, -0.1) is 0 Å². The van der Waals surface area contributed by atoms with Crippen molar-refractivity contribution in [3.8, 4) is 11.1 Å². The molecule has 1 unspecified atom stereocenters. The Bertz CT molecular complexity index is 787. The summed E-state index contributed by atoms with van der Waals surface area (Å²) in [6, 6.07) is 9.75. The zero-order valence-electron chi connectivity index (χ0n) is 11.6. The van der Waals surface area contributed by atoms with Gasteiger partial charge in [0, 0.05) is 35.3 Å². The van der Waals surface area contributed by atoms with Gasteiger partial charge in [0.25, 0.3) is 0 Å². The minimum atomic E-state index is -3.59. The van der Waals surface area contributed by atoms with E-state index in [4.69, 9.17) is 10.7 Å². The predicted molar refractivity (Wildman–Crippen MR) is 89.9 cm³/mol. The fourth-order valence-electron chi connectivity index (χ4n) is 2.71. The van der Waals surface area contributed by atoms with Gasteiger partial charge in [0.15, 0.2) is 0 Å². The van der Waals surface area contributed by atoms with Gasteiger partial charge in [-0.1, -0.05) is 12.1 Å². The second-order valence-corrected chi connectivity index (χ2v) is 8.94. The molecule has 1 aliphatic heterocycles. The molecule has 116 valence electrons. The summed E-state index contributed by atoms with van der Waals surface area (Å²) in [7, 11) is 1.71. The number of rotatable bonds is 4. The summed E-state index contributed by atoms with van der Waals surface area (Å²) < 4.78 is 22.4. The van der Waals surface area contributed by atoms with Crippen molar-refractivity contribution in [1.82, 2.24) is 0 Å². The number of amides is 1. The smallest absolute Gasteiger partial charge is 0.232 e. The standard InChI is InChI=1S/C15H14ClNO3S2/c16-22(19,20)10-11-6-15(18)17(8-11)14-3-1-2-12(7-14)13-4-5-21-9-13/h1-5,7,9,11H,6,8,10H2. The first-order chi connectivity index (χ1) is 10.4. The lowest BCUT2D eigenvalue weighted by atomic mass is 10.1. The van der Waals surface area contributed by atoms with Crippen LogP contribution in [-0.4, -0.2) is 26.6 Å². The van der Waals surface area contributed by atoms with E-state index in [1.165, 1.54) is 0 Å². The second-order valence-electron chi connectivity index (χ2n) is 5.34. The number of nitrogens with zero attached hydrogens (tertiary/aromatic N) is 1. The highest BCUT2D eigenvalue weighted by molar-refractivity contribution is 8.13. The molecule has 0 radical (unpaired) electrons. The van der Waals surface area contributed by atoms with Crippen LogP contribution in [0.15, 0.2) is 41.1 Å². The molecule has 2 aromatic rings. The molecule has 1 aromatic heterocycles. The average molecular weight is 356 g/mol. The van der Waals surface area contributed by atoms with Crippen LogP contribution in [0.25, 0.3) is 11.1 Å². The summed E-state index contributed by atoms with van der Waals surface area (Å²) in [5, 5.41) is 4.05. The summed E-state index contributed by atoms with van der Waals surface area (Å²) in [4.78, 5) is 13.8. The topological polar surface area (TPSA) is 54.5 Å². The first-order valence-electron chi connectivity index (χ1n) is 6.78. The van der Waals surface area contributed by atoms with Crippen LogP contribution in [0.3, 0.4) is 0 Å². The quantitative estimate of drug-likeness (QED) is 0.790. The van der Waals surface area contributed by atoms with Gasteiger partial charge in [0.1, 0.15) is 0 Å². The maximum atomic E-state index is 12.2. The molecule has 1 fully saturated rings. The highest BCUT2D eigenvalue weighted by Crippen LogP contribution is 2.30. The van der Waals surface area contributed by atoms with Gasteiger partial charge in [0.05, 0.1) is 5.75 Å². The van der Waals surface area contributed by atoms with E-state index in [1.807, 2.05) is 41.1 Å². The van der Waals surface area contributed by atoms with Crippen molar-refractivity contribution in [2.24, 2.45) is 5.92 Å². The van der Waals surface area contributed by atoms with Crippen LogP contribution in [0.2, 0.25) is 0 Å². The van der Waals surface area contributed by atoms with Gasteiger partial charge in [-0.2, -0.15) is 11.3 Å². The van der Waals surface area contributed by atoms with Crippen LogP contribution >= 0.6 is 22.0 Å². The molecule has 3 rings (SSSR count). The molecule has 0 N–H and O–H groups in total. The number of hydrogen-bond donors (Lipinski definition) is 0. The molecule has 2 heterocycles. The fraction of sp³-hybridized carbons (Fsp3) is 0.267. The van der Waals surface area contributed by atoms with Crippen molar-refractivity contribution < 1.29 is 13.2 Å². The Morgan fingerprint density at radius 2 is 2.09 bits per heavy atom. The second kappa shape index (κ2) is 6.02. The van der Waals surface area contributed by atoms with Crippen LogP contribution in [0.1, 0.15) is 6.42 Å². The summed E-state index contributed by atoms with van der Waals surface area (Å²) >= 11 is 1.62. The number of carbonyl (C=O) groups excluding carboxylic acids is 1. The summed E-state index contributed by atoms with van der Waals surface area (Å²) in [5.41, 5.74) is 2.95. The van der Waals surface area contributed by atoms with Crippen LogP contribution in [0.4, 0.5) is 5.69 Å². The van der Waals surface area contributed by atoms with Crippen molar-refractivity contribution in [1.29, 1.82) is 0 Å². The predicted octanol–water partition coefficient (Wildman–Crippen LogP) is 3.34. The third-order valence-electron chi connectivity index (χ3n) is 3.65. The lowest BCUT2D eigenvalue weighted by Gasteiger charge is -2.17. The number of halogens is 1. The summed E-state index contributed by atoms with van der Waals surface area (Å²) in [5.74, 6) is -0.478. The average Bonchev–Trinajstić information content (AvgIpc) is 3.07. The number of thiophene rings is 1. The van der Waals surface area contributed by atoms with E-state index >= 15 is 0 Å². The molecule has 22 heavy (non-hydrogen) atoms. The molecule has 0 spiro atoms. The monoisotopic (exact) mass is 355 g/mol. The minimum Gasteiger partial charge on any atom is -0.312 e. The van der Waals surface area contributed by atoms with Gasteiger partial charge in [-0.05, 0) is 40.1 Å². The Hall–Kier alpha value is -1.37. The van der Waals surface area contributed by atoms with Crippen LogP contribution in [0.5, 0.6) is 0 Å². The summed E-state index contributed by atoms with van der Waals surface area (Å²) in [6.07, 6.45) is 0.217. The Morgan fingerprint density at radius 3 is 2.77 bits per heavy atom. The lowest BCUT2D eigenvalue weighted by Crippen LogP contribution is -2.25. The molecule has 1 saturated heterocycles. The zero-order valence-corrected chi connectivity index (χ0v) is 14.0. The molecule has 1 atom stereocenters. The maximum Gasteiger partial charge on any atom is 0.232 e. The van der Waals surface area contributed by atoms with Crippen LogP contribution in [0, 0.1) is 5.92 Å². The van der Waals surface area contributed by atoms with Crippen LogP contribution < -0.4 is 4.90 Å². The normalized spacial score (nSPS) is 18.9. The van der Waals surface area contributed by atoms with E-state index in [-0.39, 0.29) is 24.0 Å². The molecule has 1 aromatic carbocycles. The molecule has 1 aliphatic rings. The molecule has 0 saturated carbocycles. The number of anilines is 1. The molecule has 0 bridgehead atoms. The first-order valence-corrected chi connectivity index (χ1v) is 10.2.